The zero-order valence-electron chi connectivity index (χ0n) is 9.18. The fourth-order valence-electron chi connectivity index (χ4n) is 1.12. The predicted molar refractivity (Wildman–Crippen MR) is 69.4 cm³/mol. The Morgan fingerprint density at radius 3 is 2.69 bits per heavy atom. The van der Waals surface area contributed by atoms with Gasteiger partial charge in [0.25, 0.3) is 0 Å². The lowest BCUT2D eigenvalue weighted by atomic mass is 10.2. The third-order valence-electron chi connectivity index (χ3n) is 1.90. The van der Waals surface area contributed by atoms with Crippen molar-refractivity contribution >= 4 is 23.0 Å². The minimum Gasteiger partial charge on any atom is -0.444 e. The molecule has 0 aromatic heterocycles. The molecule has 0 spiro atoms. The van der Waals surface area contributed by atoms with Crippen molar-refractivity contribution in [2.24, 2.45) is 0 Å². The molecule has 0 amide bonds. The smallest absolute Gasteiger partial charge is 0.331 e. The van der Waals surface area contributed by atoms with Crippen molar-refractivity contribution in [2.75, 3.05) is 0 Å². The number of halogens is 1. The van der Waals surface area contributed by atoms with Crippen molar-refractivity contribution in [2.45, 2.75) is 19.7 Å². The number of carbonyl (C=O) groups excluding carboxylic acids is 1. The highest BCUT2D eigenvalue weighted by Crippen LogP contribution is 1.98. The van der Waals surface area contributed by atoms with Crippen molar-refractivity contribution in [3.05, 3.63) is 48.6 Å². The molecule has 0 aliphatic rings. The van der Waals surface area contributed by atoms with Gasteiger partial charge in [-0.3, -0.25) is 5.32 Å². The first-order valence-corrected chi connectivity index (χ1v) is 4.82. The summed E-state index contributed by atoms with van der Waals surface area (Å²) in [7, 11) is 0. The van der Waals surface area contributed by atoms with E-state index in [0.29, 0.717) is 6.54 Å². The molecule has 0 bridgehead atoms. The van der Waals surface area contributed by atoms with Gasteiger partial charge in [0.05, 0.1) is 0 Å². The van der Waals surface area contributed by atoms with E-state index in [1.807, 2.05) is 30.3 Å². The second-order valence-corrected chi connectivity index (χ2v) is 3.15. The van der Waals surface area contributed by atoms with Crippen LogP contribution in [-0.2, 0) is 16.1 Å². The zero-order valence-corrected chi connectivity index (χ0v) is 10.9. The molecule has 1 aromatic rings. The van der Waals surface area contributed by atoms with Gasteiger partial charge in [0, 0.05) is 12.6 Å². The van der Waals surface area contributed by atoms with Crippen LogP contribution in [0.25, 0.3) is 0 Å². The highest BCUT2D eigenvalue weighted by molar-refractivity contribution is 8.93. The van der Waals surface area contributed by atoms with Crippen molar-refractivity contribution in [3.8, 4) is 0 Å². The molecular formula is C12H16BrNO2. The Balaban J connectivity index is 0.00000225. The van der Waals surface area contributed by atoms with Gasteiger partial charge in [-0.25, -0.2) is 4.79 Å². The topological polar surface area (TPSA) is 38.3 Å². The van der Waals surface area contributed by atoms with E-state index in [9.17, 15) is 4.79 Å². The van der Waals surface area contributed by atoms with Gasteiger partial charge in [-0.1, -0.05) is 36.9 Å². The van der Waals surface area contributed by atoms with Gasteiger partial charge in [0.1, 0.15) is 0 Å². The number of carbonyl (C=O) groups is 1. The lowest BCUT2D eigenvalue weighted by Crippen LogP contribution is -2.29. The predicted octanol–water partition coefficient (Wildman–Crippen LogP) is 2.43. The molecule has 0 fully saturated rings. The first-order valence-electron chi connectivity index (χ1n) is 4.82. The fourth-order valence-corrected chi connectivity index (χ4v) is 1.12. The van der Waals surface area contributed by atoms with E-state index in [4.69, 9.17) is 4.74 Å². The third-order valence-corrected chi connectivity index (χ3v) is 1.90. The standard InChI is InChI=1S/C12H15NO2.BrH/c1-3-12(14)15-10(2)13-9-11-7-5-4-6-8-11;/h3-8,10,13H,1,9H2,2H3;1H. The summed E-state index contributed by atoms with van der Waals surface area (Å²) in [5.41, 5.74) is 1.15. The van der Waals surface area contributed by atoms with Gasteiger partial charge in [-0.15, -0.1) is 17.0 Å². The lowest BCUT2D eigenvalue weighted by molar-refractivity contribution is -0.143. The van der Waals surface area contributed by atoms with Crippen LogP contribution in [0.1, 0.15) is 12.5 Å². The summed E-state index contributed by atoms with van der Waals surface area (Å²) >= 11 is 0. The second-order valence-electron chi connectivity index (χ2n) is 3.15. The van der Waals surface area contributed by atoms with Crippen LogP contribution in [0.2, 0.25) is 0 Å². The molecule has 1 rings (SSSR count). The molecule has 1 aromatic carbocycles. The average Bonchev–Trinajstić information content (AvgIpc) is 2.27. The molecular weight excluding hydrogens is 270 g/mol. The highest BCUT2D eigenvalue weighted by Gasteiger charge is 2.04. The molecule has 0 saturated carbocycles. The fraction of sp³-hybridized carbons (Fsp3) is 0.250. The number of benzene rings is 1. The molecule has 1 unspecified atom stereocenters. The van der Waals surface area contributed by atoms with Crippen LogP contribution in [0.15, 0.2) is 43.0 Å². The van der Waals surface area contributed by atoms with Crippen molar-refractivity contribution in [1.82, 2.24) is 5.32 Å². The SMILES string of the molecule is Br.C=CC(=O)OC(C)NCc1ccccc1. The van der Waals surface area contributed by atoms with Crippen LogP contribution in [0.4, 0.5) is 0 Å². The summed E-state index contributed by atoms with van der Waals surface area (Å²) in [5.74, 6) is -0.414. The van der Waals surface area contributed by atoms with Gasteiger partial charge in [-0.05, 0) is 12.5 Å². The largest absolute Gasteiger partial charge is 0.444 e. The number of rotatable bonds is 5. The maximum Gasteiger partial charge on any atom is 0.331 e. The zero-order chi connectivity index (χ0) is 11.1. The molecule has 3 nitrogen and oxygen atoms in total. The van der Waals surface area contributed by atoms with Crippen molar-refractivity contribution in [1.29, 1.82) is 0 Å². The second kappa shape index (κ2) is 8.07. The molecule has 0 aliphatic heterocycles. The molecule has 1 atom stereocenters. The molecule has 16 heavy (non-hydrogen) atoms. The Labute approximate surface area is 106 Å². The van der Waals surface area contributed by atoms with Crippen LogP contribution < -0.4 is 5.32 Å². The summed E-state index contributed by atoms with van der Waals surface area (Å²) in [6.07, 6.45) is 0.844. The number of ether oxygens (including phenoxy) is 1. The molecule has 1 N–H and O–H groups in total. The minimum atomic E-state index is -0.414. The minimum absolute atomic E-state index is 0. The van der Waals surface area contributed by atoms with Crippen LogP contribution in [-0.4, -0.2) is 12.2 Å². The molecule has 4 heteroatoms. The van der Waals surface area contributed by atoms with E-state index in [1.54, 1.807) is 6.92 Å². The normalized spacial score (nSPS) is 11.1. The quantitative estimate of drug-likeness (QED) is 0.513. The molecule has 0 saturated heterocycles. The van der Waals surface area contributed by atoms with Gasteiger partial charge in [0.15, 0.2) is 6.23 Å². The van der Waals surface area contributed by atoms with E-state index in [-0.39, 0.29) is 23.2 Å². The molecule has 88 valence electrons. The number of hydrogen-bond donors (Lipinski definition) is 1. The van der Waals surface area contributed by atoms with E-state index < -0.39 is 5.97 Å². The number of esters is 1. The van der Waals surface area contributed by atoms with Crippen LogP contribution in [0, 0.1) is 0 Å². The maximum absolute atomic E-state index is 10.9. The van der Waals surface area contributed by atoms with Crippen LogP contribution >= 0.6 is 17.0 Å². The van der Waals surface area contributed by atoms with E-state index in [2.05, 4.69) is 11.9 Å². The van der Waals surface area contributed by atoms with Crippen molar-refractivity contribution in [3.63, 3.8) is 0 Å². The summed E-state index contributed by atoms with van der Waals surface area (Å²) in [6, 6.07) is 9.92. The Kier molecular flexibility index (Phi) is 7.50. The molecule has 0 aliphatic carbocycles. The monoisotopic (exact) mass is 285 g/mol. The molecule has 0 heterocycles. The summed E-state index contributed by atoms with van der Waals surface area (Å²) < 4.78 is 4.95. The Morgan fingerprint density at radius 2 is 2.12 bits per heavy atom. The highest BCUT2D eigenvalue weighted by atomic mass is 79.9. The molecule has 0 radical (unpaired) electrons. The number of nitrogens with one attached hydrogen (secondary N) is 1. The Bertz CT molecular complexity index is 327. The summed E-state index contributed by atoms with van der Waals surface area (Å²) in [5, 5.41) is 3.07. The lowest BCUT2D eigenvalue weighted by Gasteiger charge is -2.13. The van der Waals surface area contributed by atoms with Crippen LogP contribution in [0.5, 0.6) is 0 Å². The van der Waals surface area contributed by atoms with Crippen molar-refractivity contribution < 1.29 is 9.53 Å². The Morgan fingerprint density at radius 1 is 1.50 bits per heavy atom. The first kappa shape index (κ1) is 14.9. The van der Waals surface area contributed by atoms with E-state index in [1.165, 1.54) is 0 Å². The summed E-state index contributed by atoms with van der Waals surface area (Å²) in [4.78, 5) is 10.9. The van der Waals surface area contributed by atoms with Gasteiger partial charge >= 0.3 is 5.97 Å². The van der Waals surface area contributed by atoms with E-state index >= 15 is 0 Å². The first-order chi connectivity index (χ1) is 7.22. The van der Waals surface area contributed by atoms with Gasteiger partial charge in [-0.2, -0.15) is 0 Å². The Hall–Kier alpha value is -1.13. The maximum atomic E-state index is 10.9. The van der Waals surface area contributed by atoms with Crippen LogP contribution in [0.3, 0.4) is 0 Å². The third kappa shape index (κ3) is 5.68. The van der Waals surface area contributed by atoms with Gasteiger partial charge in [0.2, 0.25) is 0 Å². The summed E-state index contributed by atoms with van der Waals surface area (Å²) in [6.45, 7) is 5.78. The number of hydrogen-bond acceptors (Lipinski definition) is 3. The van der Waals surface area contributed by atoms with E-state index in [0.717, 1.165) is 11.6 Å². The average molecular weight is 286 g/mol. The van der Waals surface area contributed by atoms with Gasteiger partial charge < -0.3 is 4.74 Å².